The van der Waals surface area contributed by atoms with Crippen LogP contribution in [0, 0.1) is 6.92 Å². The third-order valence-electron chi connectivity index (χ3n) is 4.45. The summed E-state index contributed by atoms with van der Waals surface area (Å²) in [5.74, 6) is 1.55. The number of aryl methyl sites for hydroxylation is 1. The zero-order valence-corrected chi connectivity index (χ0v) is 18.9. The van der Waals surface area contributed by atoms with Gasteiger partial charge in [-0.25, -0.2) is 0 Å². The van der Waals surface area contributed by atoms with Crippen molar-refractivity contribution in [2.45, 2.75) is 47.9 Å². The number of nitrogens with one attached hydrogen (secondary N) is 1. The molecule has 1 heterocycles. The number of thioether (sulfide) groups is 2. The highest BCUT2D eigenvalue weighted by Gasteiger charge is 2.22. The Balaban J connectivity index is 1.70. The molecule has 156 valence electrons. The quantitative estimate of drug-likeness (QED) is 0.331. The molecule has 0 aliphatic heterocycles. The van der Waals surface area contributed by atoms with Crippen molar-refractivity contribution in [3.05, 3.63) is 78.6 Å². The second kappa shape index (κ2) is 11.0. The minimum Gasteiger partial charge on any atom is -0.325 e. The van der Waals surface area contributed by atoms with Gasteiger partial charge in [0.1, 0.15) is 5.82 Å². The highest BCUT2D eigenvalue weighted by atomic mass is 32.2. The number of amides is 1. The van der Waals surface area contributed by atoms with Crippen molar-refractivity contribution >= 4 is 35.1 Å². The van der Waals surface area contributed by atoms with E-state index < -0.39 is 0 Å². The number of hydrogen-bond acceptors (Lipinski definition) is 5. The Morgan fingerprint density at radius 3 is 2.57 bits per heavy atom. The number of carbonyl (C=O) groups excluding carboxylic acids is 1. The molecule has 1 N–H and O–H groups in total. The fraction of sp³-hybridized carbons (Fsp3) is 0.261. The van der Waals surface area contributed by atoms with Gasteiger partial charge in [-0.1, -0.05) is 60.7 Å². The summed E-state index contributed by atoms with van der Waals surface area (Å²) >= 11 is 3.16. The van der Waals surface area contributed by atoms with Crippen LogP contribution in [0.15, 0.2) is 77.3 Å². The lowest BCUT2D eigenvalue weighted by Gasteiger charge is -2.15. The number of hydrogen-bond donors (Lipinski definition) is 1. The lowest BCUT2D eigenvalue weighted by molar-refractivity contribution is -0.115. The van der Waals surface area contributed by atoms with Gasteiger partial charge in [-0.3, -0.25) is 4.79 Å². The summed E-state index contributed by atoms with van der Waals surface area (Å²) in [6.07, 6.45) is 2.52. The van der Waals surface area contributed by atoms with E-state index in [0.29, 0.717) is 18.7 Å². The summed E-state index contributed by atoms with van der Waals surface area (Å²) in [4.78, 5) is 14.0. The van der Waals surface area contributed by atoms with Crippen LogP contribution in [0.25, 0.3) is 0 Å². The van der Waals surface area contributed by atoms with E-state index in [1.807, 2.05) is 67.0 Å². The molecule has 1 aromatic heterocycles. The maximum absolute atomic E-state index is 12.8. The Bertz CT molecular complexity index is 971. The first kappa shape index (κ1) is 22.2. The smallest absolute Gasteiger partial charge is 0.237 e. The standard InChI is InChI=1S/C23H26N4OS2/c1-4-15-27-21(16-29-19-9-7-6-8-10-19)25-26-23(27)30-20(5-2)22(28)24-18-13-11-17(3)12-14-18/h4,6-14,20H,1,5,15-16H2,2-3H3,(H,24,28). The van der Waals surface area contributed by atoms with Crippen LogP contribution in [0.1, 0.15) is 24.7 Å². The van der Waals surface area contributed by atoms with Crippen LogP contribution in [0.3, 0.4) is 0 Å². The summed E-state index contributed by atoms with van der Waals surface area (Å²) in [5, 5.41) is 12.2. The Morgan fingerprint density at radius 1 is 1.17 bits per heavy atom. The summed E-state index contributed by atoms with van der Waals surface area (Å²) in [5.41, 5.74) is 1.96. The first-order chi connectivity index (χ1) is 14.6. The summed E-state index contributed by atoms with van der Waals surface area (Å²) in [6, 6.07) is 18.0. The minimum absolute atomic E-state index is 0.0280. The van der Waals surface area contributed by atoms with Crippen molar-refractivity contribution < 1.29 is 4.79 Å². The Kier molecular flexibility index (Phi) is 8.16. The molecular weight excluding hydrogens is 412 g/mol. The molecule has 1 atom stereocenters. The number of carbonyl (C=O) groups is 1. The van der Waals surface area contributed by atoms with E-state index in [2.05, 4.69) is 34.2 Å². The minimum atomic E-state index is -0.256. The van der Waals surface area contributed by atoms with Gasteiger partial charge in [0, 0.05) is 17.1 Å². The lowest BCUT2D eigenvalue weighted by atomic mass is 10.2. The van der Waals surface area contributed by atoms with Gasteiger partial charge >= 0.3 is 0 Å². The first-order valence-electron chi connectivity index (χ1n) is 9.85. The number of anilines is 1. The normalized spacial score (nSPS) is 11.8. The van der Waals surface area contributed by atoms with Gasteiger partial charge in [-0.05, 0) is 37.6 Å². The fourth-order valence-electron chi connectivity index (χ4n) is 2.80. The number of benzene rings is 2. The monoisotopic (exact) mass is 438 g/mol. The van der Waals surface area contributed by atoms with Crippen LogP contribution >= 0.6 is 23.5 Å². The molecule has 3 rings (SSSR count). The van der Waals surface area contributed by atoms with Crippen molar-refractivity contribution in [2.24, 2.45) is 0 Å². The summed E-state index contributed by atoms with van der Waals surface area (Å²) < 4.78 is 2.04. The molecule has 0 spiro atoms. The number of nitrogens with zero attached hydrogens (tertiary/aromatic N) is 3. The molecule has 0 aliphatic carbocycles. The van der Waals surface area contributed by atoms with E-state index in [0.717, 1.165) is 22.2 Å². The molecule has 0 fully saturated rings. The van der Waals surface area contributed by atoms with Crippen molar-refractivity contribution in [1.82, 2.24) is 14.8 Å². The first-order valence-corrected chi connectivity index (χ1v) is 11.7. The van der Waals surface area contributed by atoms with Gasteiger partial charge in [-0.2, -0.15) is 0 Å². The van der Waals surface area contributed by atoms with Gasteiger partial charge in [-0.15, -0.1) is 28.5 Å². The molecule has 0 aliphatic rings. The van der Waals surface area contributed by atoms with Gasteiger partial charge in [0.2, 0.25) is 5.91 Å². The lowest BCUT2D eigenvalue weighted by Crippen LogP contribution is -2.25. The predicted molar refractivity (Wildman–Crippen MR) is 126 cm³/mol. The van der Waals surface area contributed by atoms with E-state index in [4.69, 9.17) is 0 Å². The zero-order valence-electron chi connectivity index (χ0n) is 17.2. The van der Waals surface area contributed by atoms with Crippen molar-refractivity contribution in [2.75, 3.05) is 5.32 Å². The molecule has 0 bridgehead atoms. The molecule has 0 saturated carbocycles. The van der Waals surface area contributed by atoms with E-state index in [1.165, 1.54) is 16.7 Å². The predicted octanol–water partition coefficient (Wildman–Crippen LogP) is 5.57. The Hall–Kier alpha value is -2.51. The zero-order chi connectivity index (χ0) is 21.3. The van der Waals surface area contributed by atoms with Gasteiger partial charge in [0.15, 0.2) is 5.16 Å². The molecule has 30 heavy (non-hydrogen) atoms. The number of aromatic nitrogens is 3. The van der Waals surface area contributed by atoms with Crippen LogP contribution in [0.2, 0.25) is 0 Å². The van der Waals surface area contributed by atoms with Crippen molar-refractivity contribution in [3.63, 3.8) is 0 Å². The topological polar surface area (TPSA) is 59.8 Å². The van der Waals surface area contributed by atoms with Crippen molar-refractivity contribution in [3.8, 4) is 0 Å². The van der Waals surface area contributed by atoms with E-state index >= 15 is 0 Å². The third-order valence-corrected chi connectivity index (χ3v) is 6.80. The average molecular weight is 439 g/mol. The van der Waals surface area contributed by atoms with Crippen LogP contribution in [0.5, 0.6) is 0 Å². The van der Waals surface area contributed by atoms with E-state index in [-0.39, 0.29) is 11.2 Å². The highest BCUT2D eigenvalue weighted by molar-refractivity contribution is 8.00. The van der Waals surface area contributed by atoms with Crippen LogP contribution in [-0.2, 0) is 17.1 Å². The summed E-state index contributed by atoms with van der Waals surface area (Å²) in [7, 11) is 0. The Labute approximate surface area is 186 Å². The number of rotatable bonds is 10. The summed E-state index contributed by atoms with van der Waals surface area (Å²) in [6.45, 7) is 8.50. The molecular formula is C23H26N4OS2. The molecule has 7 heteroatoms. The maximum atomic E-state index is 12.8. The number of allylic oxidation sites excluding steroid dienone is 1. The van der Waals surface area contributed by atoms with Gasteiger partial charge in [0.25, 0.3) is 0 Å². The largest absolute Gasteiger partial charge is 0.325 e. The average Bonchev–Trinajstić information content (AvgIpc) is 3.14. The van der Waals surface area contributed by atoms with Crippen LogP contribution in [-0.4, -0.2) is 25.9 Å². The van der Waals surface area contributed by atoms with E-state index in [9.17, 15) is 4.79 Å². The second-order valence-electron chi connectivity index (χ2n) is 6.77. The maximum Gasteiger partial charge on any atom is 0.237 e. The third kappa shape index (κ3) is 6.00. The van der Waals surface area contributed by atoms with Crippen LogP contribution in [0.4, 0.5) is 5.69 Å². The highest BCUT2D eigenvalue weighted by Crippen LogP contribution is 2.28. The fourth-order valence-corrected chi connectivity index (χ4v) is 4.64. The molecule has 1 unspecified atom stereocenters. The van der Waals surface area contributed by atoms with Gasteiger partial charge in [0.05, 0.1) is 11.0 Å². The Morgan fingerprint density at radius 2 is 1.90 bits per heavy atom. The molecule has 2 aromatic carbocycles. The van der Waals surface area contributed by atoms with Gasteiger partial charge < -0.3 is 9.88 Å². The molecule has 5 nitrogen and oxygen atoms in total. The molecule has 0 radical (unpaired) electrons. The molecule has 0 saturated heterocycles. The van der Waals surface area contributed by atoms with Crippen molar-refractivity contribution in [1.29, 1.82) is 0 Å². The molecule has 3 aromatic rings. The SMILES string of the molecule is C=CCn1c(CSc2ccccc2)nnc1SC(CC)C(=O)Nc1ccc(C)cc1. The van der Waals surface area contributed by atoms with E-state index in [1.54, 1.807) is 11.8 Å². The molecule has 1 amide bonds. The second-order valence-corrected chi connectivity index (χ2v) is 8.99. The van der Waals surface area contributed by atoms with Crippen LogP contribution < -0.4 is 5.32 Å².